The van der Waals surface area contributed by atoms with E-state index in [1.54, 1.807) is 0 Å². The van der Waals surface area contributed by atoms with Crippen molar-refractivity contribution >= 4 is 17.8 Å². The molecule has 1 saturated heterocycles. The molecule has 2 aliphatic heterocycles. The largest absolute Gasteiger partial charge is 0.434 e. The molecule has 186 valence electrons. The lowest BCUT2D eigenvalue weighted by molar-refractivity contribution is -0.155. The Hall–Kier alpha value is -2.75. The number of esters is 1. The smallest absolute Gasteiger partial charge is 0.310 e. The van der Waals surface area contributed by atoms with Crippen molar-refractivity contribution in [3.63, 3.8) is 0 Å². The molecule has 9 heteroatoms. The van der Waals surface area contributed by atoms with Crippen molar-refractivity contribution in [1.82, 2.24) is 15.5 Å². The molecule has 3 atom stereocenters. The number of nitrogens with zero attached hydrogens (tertiary/aromatic N) is 1. The first-order chi connectivity index (χ1) is 16.4. The lowest BCUT2D eigenvalue weighted by atomic mass is 10.1. The van der Waals surface area contributed by atoms with Gasteiger partial charge in [-0.3, -0.25) is 14.4 Å². The van der Waals surface area contributed by atoms with Crippen LogP contribution >= 0.6 is 0 Å². The van der Waals surface area contributed by atoms with E-state index in [-0.39, 0.29) is 25.4 Å². The van der Waals surface area contributed by atoms with E-state index in [0.717, 1.165) is 12.0 Å². The van der Waals surface area contributed by atoms with Gasteiger partial charge in [0.05, 0.1) is 19.0 Å². The zero-order valence-corrected chi connectivity index (χ0v) is 19.8. The summed E-state index contributed by atoms with van der Waals surface area (Å²) in [6, 6.07) is 7.10. The number of amides is 2. The Labute approximate surface area is 200 Å². The van der Waals surface area contributed by atoms with E-state index in [2.05, 4.69) is 46.6 Å². The maximum Gasteiger partial charge on any atom is 0.310 e. The fourth-order valence-electron chi connectivity index (χ4n) is 4.14. The van der Waals surface area contributed by atoms with Crippen LogP contribution in [0.2, 0.25) is 0 Å². The average Bonchev–Trinajstić information content (AvgIpc) is 3.06. The van der Waals surface area contributed by atoms with Gasteiger partial charge in [0, 0.05) is 19.6 Å². The molecule has 0 aromatic heterocycles. The summed E-state index contributed by atoms with van der Waals surface area (Å²) in [5.41, 5.74) is 9.51. The highest BCUT2D eigenvalue weighted by Gasteiger charge is 2.35. The number of aryl methyl sites for hydroxylation is 1. The Kier molecular flexibility index (Phi) is 9.62. The SMILES string of the molecule is CCCCCc1ccc(CNCC2=CCC(N)C(=O)N(CC(=O)NC3CC(=O)OC3O)C2)cc1. The molecular weight excluding hydrogens is 436 g/mol. The third-order valence-corrected chi connectivity index (χ3v) is 6.12. The molecule has 9 nitrogen and oxygen atoms in total. The third-order valence-electron chi connectivity index (χ3n) is 6.12. The Morgan fingerprint density at radius 1 is 1.18 bits per heavy atom. The first kappa shape index (κ1) is 25.9. The highest BCUT2D eigenvalue weighted by molar-refractivity contribution is 5.88. The maximum absolute atomic E-state index is 12.6. The predicted octanol–water partition coefficient (Wildman–Crippen LogP) is 0.745. The monoisotopic (exact) mass is 472 g/mol. The number of carbonyl (C=O) groups is 3. The van der Waals surface area contributed by atoms with Crippen LogP contribution in [0.3, 0.4) is 0 Å². The highest BCUT2D eigenvalue weighted by atomic mass is 16.6. The van der Waals surface area contributed by atoms with Gasteiger partial charge in [0.2, 0.25) is 18.1 Å². The fourth-order valence-corrected chi connectivity index (χ4v) is 4.14. The summed E-state index contributed by atoms with van der Waals surface area (Å²) < 4.78 is 4.63. The molecule has 0 bridgehead atoms. The van der Waals surface area contributed by atoms with Gasteiger partial charge in [0.1, 0.15) is 6.04 Å². The van der Waals surface area contributed by atoms with Crippen LogP contribution in [-0.2, 0) is 32.1 Å². The van der Waals surface area contributed by atoms with Crippen molar-refractivity contribution in [1.29, 1.82) is 0 Å². The standard InChI is InChI=1S/C25H36N4O5/c1-2-3-4-5-17-6-8-18(9-7-17)13-27-14-19-10-11-20(26)24(32)29(15-19)16-22(30)28-21-12-23(31)34-25(21)33/h6-10,20-21,25,27,33H,2-5,11-16,26H2,1H3,(H,28,30). The fraction of sp³-hybridized carbons (Fsp3) is 0.560. The molecule has 1 aromatic rings. The van der Waals surface area contributed by atoms with Gasteiger partial charge >= 0.3 is 5.97 Å². The summed E-state index contributed by atoms with van der Waals surface area (Å²) in [5.74, 6) is -1.36. The normalized spacial score (nSPS) is 22.9. The van der Waals surface area contributed by atoms with E-state index >= 15 is 0 Å². The van der Waals surface area contributed by atoms with Gasteiger partial charge < -0.3 is 31.1 Å². The van der Waals surface area contributed by atoms with E-state index in [1.807, 2.05) is 6.08 Å². The number of aliphatic hydroxyl groups is 1. The first-order valence-electron chi connectivity index (χ1n) is 12.0. The minimum Gasteiger partial charge on any atom is -0.434 e. The van der Waals surface area contributed by atoms with Crippen molar-refractivity contribution in [2.24, 2.45) is 5.73 Å². The summed E-state index contributed by atoms with van der Waals surface area (Å²) in [6.45, 7) is 3.55. The molecule has 3 rings (SSSR count). The molecule has 1 fully saturated rings. The molecule has 0 saturated carbocycles. The second kappa shape index (κ2) is 12.6. The molecule has 34 heavy (non-hydrogen) atoms. The Morgan fingerprint density at radius 3 is 2.59 bits per heavy atom. The maximum atomic E-state index is 12.6. The molecule has 2 aliphatic rings. The number of rotatable bonds is 11. The number of aliphatic hydroxyl groups excluding tert-OH is 1. The first-order valence-corrected chi connectivity index (χ1v) is 12.0. The number of nitrogens with one attached hydrogen (secondary N) is 2. The van der Waals surface area contributed by atoms with Crippen LogP contribution in [0.1, 0.15) is 50.2 Å². The van der Waals surface area contributed by atoms with Crippen molar-refractivity contribution in [3.8, 4) is 0 Å². The topological polar surface area (TPSA) is 134 Å². The second-order valence-corrected chi connectivity index (χ2v) is 9.03. The van der Waals surface area contributed by atoms with Gasteiger partial charge in [-0.05, 0) is 36.0 Å². The summed E-state index contributed by atoms with van der Waals surface area (Å²) in [6.07, 6.45) is 5.68. The van der Waals surface area contributed by atoms with E-state index in [1.165, 1.54) is 35.3 Å². The van der Waals surface area contributed by atoms with Crippen molar-refractivity contribution in [2.75, 3.05) is 19.6 Å². The molecule has 5 N–H and O–H groups in total. The molecule has 0 spiro atoms. The van der Waals surface area contributed by atoms with Crippen LogP contribution in [0.4, 0.5) is 0 Å². The highest BCUT2D eigenvalue weighted by Crippen LogP contribution is 2.14. The quantitative estimate of drug-likeness (QED) is 0.212. The summed E-state index contributed by atoms with van der Waals surface area (Å²) in [5, 5.41) is 15.6. The van der Waals surface area contributed by atoms with Crippen LogP contribution in [0.25, 0.3) is 0 Å². The number of unbranched alkanes of at least 4 members (excludes halogenated alkanes) is 2. The summed E-state index contributed by atoms with van der Waals surface area (Å²) >= 11 is 0. The van der Waals surface area contributed by atoms with Crippen LogP contribution in [0, 0.1) is 0 Å². The van der Waals surface area contributed by atoms with E-state index < -0.39 is 30.3 Å². The lowest BCUT2D eigenvalue weighted by Gasteiger charge is -2.24. The van der Waals surface area contributed by atoms with E-state index in [9.17, 15) is 19.5 Å². The predicted molar refractivity (Wildman–Crippen MR) is 127 cm³/mol. The zero-order valence-electron chi connectivity index (χ0n) is 19.8. The van der Waals surface area contributed by atoms with Crippen LogP contribution < -0.4 is 16.4 Å². The number of ether oxygens (including phenoxy) is 1. The van der Waals surface area contributed by atoms with E-state index in [4.69, 9.17) is 5.73 Å². The molecule has 3 unspecified atom stereocenters. The van der Waals surface area contributed by atoms with Gasteiger partial charge in [0.15, 0.2) is 0 Å². The van der Waals surface area contributed by atoms with Crippen LogP contribution in [0.15, 0.2) is 35.9 Å². The van der Waals surface area contributed by atoms with E-state index in [0.29, 0.717) is 19.5 Å². The molecule has 2 heterocycles. The third kappa shape index (κ3) is 7.65. The zero-order chi connectivity index (χ0) is 24.5. The van der Waals surface area contributed by atoms with Crippen molar-refractivity contribution in [2.45, 2.75) is 70.4 Å². The number of cyclic esters (lactones) is 1. The van der Waals surface area contributed by atoms with Crippen LogP contribution in [0.5, 0.6) is 0 Å². The van der Waals surface area contributed by atoms with Crippen molar-refractivity contribution < 1.29 is 24.2 Å². The average molecular weight is 473 g/mol. The Balaban J connectivity index is 1.48. The Morgan fingerprint density at radius 2 is 1.91 bits per heavy atom. The van der Waals surface area contributed by atoms with Gasteiger partial charge in [-0.1, -0.05) is 50.1 Å². The van der Waals surface area contributed by atoms with Crippen LogP contribution in [-0.4, -0.2) is 65.8 Å². The molecule has 1 aromatic carbocycles. The van der Waals surface area contributed by atoms with Gasteiger partial charge in [-0.2, -0.15) is 0 Å². The minimum absolute atomic E-state index is 0.102. The second-order valence-electron chi connectivity index (χ2n) is 9.03. The molecule has 0 radical (unpaired) electrons. The number of carbonyl (C=O) groups excluding carboxylic acids is 3. The molecule has 0 aliphatic carbocycles. The number of nitrogens with two attached hydrogens (primary N) is 1. The van der Waals surface area contributed by atoms with Crippen molar-refractivity contribution in [3.05, 3.63) is 47.0 Å². The minimum atomic E-state index is -1.37. The lowest BCUT2D eigenvalue weighted by Crippen LogP contribution is -2.50. The Bertz CT molecular complexity index is 886. The summed E-state index contributed by atoms with van der Waals surface area (Å²) in [7, 11) is 0. The van der Waals surface area contributed by atoms with Gasteiger partial charge in [-0.25, -0.2) is 0 Å². The molecular formula is C25H36N4O5. The van der Waals surface area contributed by atoms with Gasteiger partial charge in [-0.15, -0.1) is 0 Å². The number of benzene rings is 1. The summed E-state index contributed by atoms with van der Waals surface area (Å²) in [4.78, 5) is 37.8. The number of hydrogen-bond acceptors (Lipinski definition) is 7. The number of hydrogen-bond donors (Lipinski definition) is 4. The molecule has 2 amide bonds. The van der Waals surface area contributed by atoms with Gasteiger partial charge in [0.25, 0.3) is 0 Å².